The van der Waals surface area contributed by atoms with Crippen molar-refractivity contribution in [2.24, 2.45) is 0 Å². The van der Waals surface area contributed by atoms with Crippen molar-refractivity contribution in [2.75, 3.05) is 22.5 Å². The Hall–Kier alpha value is -3.17. The summed E-state index contributed by atoms with van der Waals surface area (Å²) in [5.74, 6) is -2.33. The van der Waals surface area contributed by atoms with Crippen LogP contribution in [0.25, 0.3) is 0 Å². The Bertz CT molecular complexity index is 1200. The lowest BCUT2D eigenvalue weighted by Gasteiger charge is -2.23. The summed E-state index contributed by atoms with van der Waals surface area (Å²) in [4.78, 5) is 12.0. The van der Waals surface area contributed by atoms with Crippen LogP contribution in [-0.2, 0) is 21.4 Å². The molecule has 32 heavy (non-hydrogen) atoms. The molecule has 0 fully saturated rings. The van der Waals surface area contributed by atoms with Gasteiger partial charge >= 0.3 is 0 Å². The number of anilines is 2. The van der Waals surface area contributed by atoms with E-state index in [1.165, 1.54) is 22.5 Å². The van der Waals surface area contributed by atoms with Crippen LogP contribution >= 0.6 is 11.6 Å². The summed E-state index contributed by atoms with van der Waals surface area (Å²) in [6.07, 6.45) is 1.11. The number of carbonyl (C=O) groups excluding carboxylic acids is 1. The van der Waals surface area contributed by atoms with Crippen LogP contribution in [0.2, 0.25) is 5.02 Å². The molecule has 0 unspecified atom stereocenters. The Balaban J connectivity index is 1.63. The van der Waals surface area contributed by atoms with Gasteiger partial charge in [-0.25, -0.2) is 17.2 Å². The summed E-state index contributed by atoms with van der Waals surface area (Å²) < 4.78 is 57.4. The lowest BCUT2D eigenvalue weighted by atomic mass is 10.2. The Morgan fingerprint density at radius 1 is 1.00 bits per heavy atom. The minimum absolute atomic E-state index is 0.0961. The highest BCUT2D eigenvalue weighted by Gasteiger charge is 2.18. The Morgan fingerprint density at radius 3 is 2.25 bits per heavy atom. The van der Waals surface area contributed by atoms with Crippen molar-refractivity contribution in [3.05, 3.63) is 89.0 Å². The van der Waals surface area contributed by atoms with Crippen molar-refractivity contribution in [3.63, 3.8) is 0 Å². The molecule has 3 aromatic rings. The van der Waals surface area contributed by atoms with E-state index in [0.717, 1.165) is 24.0 Å². The number of ether oxygens (including phenoxy) is 1. The standard InChI is InChI=1S/C22H19ClF2N2O4S/c1-32(29,30)27(13-15-2-4-16(23)5-3-15)18-7-9-19(10-8-18)31-14-22(28)26-17-6-11-20(24)21(25)12-17/h2-12H,13-14H2,1H3,(H,26,28). The molecule has 0 aliphatic carbocycles. The van der Waals surface area contributed by atoms with Crippen molar-refractivity contribution in [1.82, 2.24) is 0 Å². The number of nitrogens with one attached hydrogen (secondary N) is 1. The van der Waals surface area contributed by atoms with Crippen LogP contribution in [0.5, 0.6) is 5.75 Å². The van der Waals surface area contributed by atoms with Crippen molar-refractivity contribution >= 4 is 38.9 Å². The van der Waals surface area contributed by atoms with Gasteiger partial charge in [0.25, 0.3) is 5.91 Å². The Labute approximate surface area is 189 Å². The largest absolute Gasteiger partial charge is 0.484 e. The van der Waals surface area contributed by atoms with Crippen LogP contribution in [0.4, 0.5) is 20.2 Å². The average Bonchev–Trinajstić information content (AvgIpc) is 2.74. The third-order valence-electron chi connectivity index (χ3n) is 4.34. The van der Waals surface area contributed by atoms with Crippen LogP contribution < -0.4 is 14.4 Å². The third kappa shape index (κ3) is 6.41. The molecule has 0 heterocycles. The first-order valence-electron chi connectivity index (χ1n) is 9.32. The van der Waals surface area contributed by atoms with E-state index in [9.17, 15) is 22.0 Å². The molecule has 0 aliphatic heterocycles. The maximum absolute atomic E-state index is 13.2. The van der Waals surface area contributed by atoms with Gasteiger partial charge in [-0.15, -0.1) is 0 Å². The second-order valence-electron chi connectivity index (χ2n) is 6.86. The van der Waals surface area contributed by atoms with E-state index in [1.807, 2.05) is 0 Å². The zero-order chi connectivity index (χ0) is 23.3. The van der Waals surface area contributed by atoms with Gasteiger partial charge in [-0.1, -0.05) is 23.7 Å². The van der Waals surface area contributed by atoms with Gasteiger partial charge in [0.15, 0.2) is 18.2 Å². The molecule has 6 nitrogen and oxygen atoms in total. The number of hydrogen-bond donors (Lipinski definition) is 1. The molecule has 0 saturated heterocycles. The zero-order valence-electron chi connectivity index (χ0n) is 16.9. The van der Waals surface area contributed by atoms with E-state index in [-0.39, 0.29) is 18.8 Å². The van der Waals surface area contributed by atoms with Gasteiger partial charge in [-0.2, -0.15) is 0 Å². The number of hydrogen-bond acceptors (Lipinski definition) is 4. The van der Waals surface area contributed by atoms with Gasteiger partial charge < -0.3 is 10.1 Å². The fourth-order valence-electron chi connectivity index (χ4n) is 2.78. The summed E-state index contributed by atoms with van der Waals surface area (Å²) >= 11 is 5.88. The molecule has 0 aromatic heterocycles. The molecule has 3 rings (SSSR count). The number of sulfonamides is 1. The summed E-state index contributed by atoms with van der Waals surface area (Å²) in [7, 11) is -3.57. The highest BCUT2D eigenvalue weighted by Crippen LogP contribution is 2.24. The monoisotopic (exact) mass is 480 g/mol. The molecular formula is C22H19ClF2N2O4S. The SMILES string of the molecule is CS(=O)(=O)N(Cc1ccc(Cl)cc1)c1ccc(OCC(=O)Nc2ccc(F)c(F)c2)cc1. The summed E-state index contributed by atoms with van der Waals surface area (Å²) in [6, 6.07) is 16.0. The quantitative estimate of drug-likeness (QED) is 0.511. The van der Waals surface area contributed by atoms with E-state index in [1.54, 1.807) is 36.4 Å². The molecule has 0 saturated carbocycles. The van der Waals surface area contributed by atoms with E-state index in [0.29, 0.717) is 16.5 Å². The van der Waals surface area contributed by atoms with Gasteiger partial charge in [-0.05, 0) is 54.1 Å². The average molecular weight is 481 g/mol. The molecule has 0 spiro atoms. The number of carbonyl (C=O) groups is 1. The first kappa shape index (κ1) is 23.5. The van der Waals surface area contributed by atoms with Gasteiger partial charge in [0.05, 0.1) is 18.5 Å². The van der Waals surface area contributed by atoms with Gasteiger partial charge in [0.2, 0.25) is 10.0 Å². The number of rotatable bonds is 8. The molecule has 3 aromatic carbocycles. The highest BCUT2D eigenvalue weighted by molar-refractivity contribution is 7.92. The first-order chi connectivity index (χ1) is 15.1. The summed E-state index contributed by atoms with van der Waals surface area (Å²) in [5.41, 5.74) is 1.27. The number of amides is 1. The molecule has 0 aliphatic rings. The highest BCUT2D eigenvalue weighted by atomic mass is 35.5. The Morgan fingerprint density at radius 2 is 1.66 bits per heavy atom. The maximum Gasteiger partial charge on any atom is 0.262 e. The first-order valence-corrected chi connectivity index (χ1v) is 11.5. The van der Waals surface area contributed by atoms with Crippen LogP contribution in [0.3, 0.4) is 0 Å². The van der Waals surface area contributed by atoms with Crippen LogP contribution in [0, 0.1) is 11.6 Å². The van der Waals surface area contributed by atoms with Crippen LogP contribution in [0.15, 0.2) is 66.7 Å². The minimum Gasteiger partial charge on any atom is -0.484 e. The van der Waals surface area contributed by atoms with E-state index in [4.69, 9.17) is 16.3 Å². The zero-order valence-corrected chi connectivity index (χ0v) is 18.5. The molecule has 1 amide bonds. The third-order valence-corrected chi connectivity index (χ3v) is 5.73. The molecule has 0 atom stereocenters. The predicted molar refractivity (Wildman–Crippen MR) is 119 cm³/mol. The normalized spacial score (nSPS) is 11.1. The number of nitrogens with zero attached hydrogens (tertiary/aromatic N) is 1. The fraction of sp³-hybridized carbons (Fsp3) is 0.136. The lowest BCUT2D eigenvalue weighted by molar-refractivity contribution is -0.118. The molecular weight excluding hydrogens is 462 g/mol. The topological polar surface area (TPSA) is 75.7 Å². The van der Waals surface area contributed by atoms with E-state index < -0.39 is 27.6 Å². The van der Waals surface area contributed by atoms with E-state index >= 15 is 0 Å². The van der Waals surface area contributed by atoms with Crippen LogP contribution in [-0.4, -0.2) is 27.2 Å². The van der Waals surface area contributed by atoms with Crippen molar-refractivity contribution in [3.8, 4) is 5.75 Å². The summed E-state index contributed by atoms with van der Waals surface area (Å²) in [6.45, 7) is -0.258. The lowest BCUT2D eigenvalue weighted by Crippen LogP contribution is -2.29. The predicted octanol–water partition coefficient (Wildman–Crippen LogP) is 4.60. The second-order valence-corrected chi connectivity index (χ2v) is 9.20. The number of benzene rings is 3. The second kappa shape index (κ2) is 9.97. The van der Waals surface area contributed by atoms with Gasteiger partial charge in [-0.3, -0.25) is 9.10 Å². The van der Waals surface area contributed by atoms with Crippen LogP contribution in [0.1, 0.15) is 5.56 Å². The fourth-order valence-corrected chi connectivity index (χ4v) is 3.80. The molecule has 1 N–H and O–H groups in total. The molecule has 168 valence electrons. The van der Waals surface area contributed by atoms with Gasteiger partial charge in [0, 0.05) is 16.8 Å². The summed E-state index contributed by atoms with van der Waals surface area (Å²) in [5, 5.41) is 2.94. The molecule has 10 heteroatoms. The van der Waals surface area contributed by atoms with Crippen molar-refractivity contribution in [1.29, 1.82) is 0 Å². The maximum atomic E-state index is 13.2. The molecule has 0 bridgehead atoms. The minimum atomic E-state index is -3.57. The Kier molecular flexibility index (Phi) is 7.32. The van der Waals surface area contributed by atoms with Crippen molar-refractivity contribution < 1.29 is 26.7 Å². The smallest absolute Gasteiger partial charge is 0.262 e. The number of halogens is 3. The van der Waals surface area contributed by atoms with Gasteiger partial charge in [0.1, 0.15) is 5.75 Å². The molecule has 0 radical (unpaired) electrons. The van der Waals surface area contributed by atoms with Crippen molar-refractivity contribution in [2.45, 2.75) is 6.54 Å². The van der Waals surface area contributed by atoms with E-state index in [2.05, 4.69) is 5.32 Å².